The summed E-state index contributed by atoms with van der Waals surface area (Å²) in [5, 5.41) is 11.8. The van der Waals surface area contributed by atoms with Crippen LogP contribution in [0.15, 0.2) is 66.4 Å². The van der Waals surface area contributed by atoms with E-state index in [1.807, 2.05) is 20.8 Å². The molecular formula is C27H25ClN2O4. The maximum Gasteiger partial charge on any atom is 0.300 e. The van der Waals surface area contributed by atoms with Crippen molar-refractivity contribution in [2.75, 3.05) is 12.0 Å². The predicted molar refractivity (Wildman–Crippen MR) is 132 cm³/mol. The molecule has 1 atom stereocenters. The minimum Gasteiger partial charge on any atom is -0.507 e. The number of carbonyl (C=O) groups is 2. The van der Waals surface area contributed by atoms with Crippen LogP contribution < -0.4 is 9.64 Å². The largest absolute Gasteiger partial charge is 0.507 e. The van der Waals surface area contributed by atoms with Crippen molar-refractivity contribution in [2.24, 2.45) is 0 Å². The Balaban J connectivity index is 1.94. The molecule has 1 unspecified atom stereocenters. The molecule has 2 aromatic carbocycles. The van der Waals surface area contributed by atoms with Crippen molar-refractivity contribution in [3.05, 3.63) is 93.8 Å². The summed E-state index contributed by atoms with van der Waals surface area (Å²) in [5.41, 5.74) is 3.02. The van der Waals surface area contributed by atoms with Gasteiger partial charge in [-0.15, -0.1) is 0 Å². The number of Topliss-reactive ketones (excluding diaryl/α,β-unsaturated/α-hetero) is 1. The number of amides is 1. The maximum absolute atomic E-state index is 13.3. The number of halogens is 1. The summed E-state index contributed by atoms with van der Waals surface area (Å²) in [7, 11) is 1.58. The third-order valence-electron chi connectivity index (χ3n) is 5.97. The van der Waals surface area contributed by atoms with Crippen molar-refractivity contribution in [3.8, 4) is 5.75 Å². The summed E-state index contributed by atoms with van der Waals surface area (Å²) < 4.78 is 5.44. The molecule has 0 spiro atoms. The van der Waals surface area contributed by atoms with Gasteiger partial charge >= 0.3 is 0 Å². The number of methoxy groups -OCH3 is 1. The number of aliphatic hydroxyl groups excluding tert-OH is 1. The van der Waals surface area contributed by atoms with Crippen LogP contribution in [0.2, 0.25) is 5.02 Å². The highest BCUT2D eigenvalue weighted by molar-refractivity contribution is 6.51. The van der Waals surface area contributed by atoms with Crippen molar-refractivity contribution < 1.29 is 19.4 Å². The highest BCUT2D eigenvalue weighted by Crippen LogP contribution is 2.42. The third-order valence-corrected chi connectivity index (χ3v) is 6.38. The van der Waals surface area contributed by atoms with E-state index in [4.69, 9.17) is 16.3 Å². The number of hydrogen-bond acceptors (Lipinski definition) is 5. The van der Waals surface area contributed by atoms with E-state index >= 15 is 0 Å². The fourth-order valence-electron chi connectivity index (χ4n) is 4.14. The Labute approximate surface area is 203 Å². The fraction of sp³-hybridized carbons (Fsp3) is 0.222. The lowest BCUT2D eigenvalue weighted by atomic mass is 9.94. The van der Waals surface area contributed by atoms with E-state index in [9.17, 15) is 14.7 Å². The van der Waals surface area contributed by atoms with E-state index in [0.29, 0.717) is 27.7 Å². The molecule has 1 aliphatic rings. The lowest BCUT2D eigenvalue weighted by Gasteiger charge is -2.25. The molecule has 0 aliphatic carbocycles. The standard InChI is InChI=1S/C27H25ClN2O4/c1-15(2)19-13-17(9-11-22(19)34-4)25(31)23-24(21-7-5-6-12-29-21)30(27(33)26(23)32)18-10-8-16(3)20(28)14-18/h5-15,24,31H,1-4H3/b25-23-. The molecule has 6 nitrogen and oxygen atoms in total. The highest BCUT2D eigenvalue weighted by Gasteiger charge is 2.47. The first-order chi connectivity index (χ1) is 16.2. The molecule has 1 aromatic heterocycles. The Morgan fingerprint density at radius 2 is 1.88 bits per heavy atom. The fourth-order valence-corrected chi connectivity index (χ4v) is 4.31. The Hall–Kier alpha value is -3.64. The van der Waals surface area contributed by atoms with E-state index < -0.39 is 17.7 Å². The van der Waals surface area contributed by atoms with E-state index in [2.05, 4.69) is 4.98 Å². The maximum atomic E-state index is 13.3. The van der Waals surface area contributed by atoms with Crippen molar-refractivity contribution in [2.45, 2.75) is 32.7 Å². The number of aromatic nitrogens is 1. The van der Waals surface area contributed by atoms with E-state index in [-0.39, 0.29) is 17.3 Å². The number of hydrogen-bond donors (Lipinski definition) is 1. The zero-order valence-corrected chi connectivity index (χ0v) is 20.1. The normalized spacial score (nSPS) is 17.5. The molecule has 1 amide bonds. The summed E-state index contributed by atoms with van der Waals surface area (Å²) in [5.74, 6) is -1.00. The van der Waals surface area contributed by atoms with Crippen molar-refractivity contribution in [3.63, 3.8) is 0 Å². The Morgan fingerprint density at radius 3 is 2.50 bits per heavy atom. The molecule has 3 aromatic rings. The van der Waals surface area contributed by atoms with Gasteiger partial charge in [0.1, 0.15) is 17.6 Å². The molecule has 174 valence electrons. The summed E-state index contributed by atoms with van der Waals surface area (Å²) >= 11 is 6.33. The number of ketones is 1. The number of rotatable bonds is 5. The number of benzene rings is 2. The van der Waals surface area contributed by atoms with Crippen LogP contribution in [0.25, 0.3) is 5.76 Å². The van der Waals surface area contributed by atoms with Crippen LogP contribution in [0.3, 0.4) is 0 Å². The van der Waals surface area contributed by atoms with E-state index in [1.54, 1.807) is 67.9 Å². The van der Waals surface area contributed by atoms with Crippen LogP contribution in [0, 0.1) is 6.92 Å². The summed E-state index contributed by atoms with van der Waals surface area (Å²) in [6.45, 7) is 5.87. The zero-order chi connectivity index (χ0) is 24.6. The van der Waals surface area contributed by atoms with Gasteiger partial charge in [0.2, 0.25) is 0 Å². The second-order valence-electron chi connectivity index (χ2n) is 8.47. The Kier molecular flexibility index (Phi) is 6.44. The second kappa shape index (κ2) is 9.31. The number of aliphatic hydroxyl groups is 1. The minimum atomic E-state index is -0.912. The van der Waals surface area contributed by atoms with Crippen LogP contribution in [-0.4, -0.2) is 28.9 Å². The highest BCUT2D eigenvalue weighted by atomic mass is 35.5. The monoisotopic (exact) mass is 476 g/mol. The van der Waals surface area contributed by atoms with Gasteiger partial charge in [-0.05, 0) is 66.4 Å². The van der Waals surface area contributed by atoms with Crippen molar-refractivity contribution in [1.82, 2.24) is 4.98 Å². The van der Waals surface area contributed by atoms with E-state index in [0.717, 1.165) is 11.1 Å². The number of ether oxygens (including phenoxy) is 1. The van der Waals surface area contributed by atoms with Gasteiger partial charge in [0.15, 0.2) is 0 Å². The van der Waals surface area contributed by atoms with Crippen LogP contribution in [0.4, 0.5) is 5.69 Å². The molecule has 34 heavy (non-hydrogen) atoms. The van der Waals surface area contributed by atoms with Crippen LogP contribution in [0.5, 0.6) is 5.75 Å². The van der Waals surface area contributed by atoms with Crippen LogP contribution in [-0.2, 0) is 9.59 Å². The molecule has 7 heteroatoms. The molecule has 1 saturated heterocycles. The van der Waals surface area contributed by atoms with Gasteiger partial charge in [0.05, 0.1) is 18.4 Å². The van der Waals surface area contributed by atoms with Gasteiger partial charge < -0.3 is 9.84 Å². The molecule has 1 aliphatic heterocycles. The average molecular weight is 477 g/mol. The molecular weight excluding hydrogens is 452 g/mol. The van der Waals surface area contributed by atoms with Crippen LogP contribution >= 0.6 is 11.6 Å². The molecule has 0 bridgehead atoms. The first-order valence-corrected chi connectivity index (χ1v) is 11.3. The van der Waals surface area contributed by atoms with Gasteiger partial charge in [-0.2, -0.15) is 0 Å². The second-order valence-corrected chi connectivity index (χ2v) is 8.88. The lowest BCUT2D eigenvalue weighted by molar-refractivity contribution is -0.132. The summed E-state index contributed by atoms with van der Waals surface area (Å²) in [4.78, 5) is 32.3. The number of aryl methyl sites for hydroxylation is 1. The molecule has 0 radical (unpaired) electrons. The molecule has 0 saturated carbocycles. The zero-order valence-electron chi connectivity index (χ0n) is 19.4. The number of carbonyl (C=O) groups excluding carboxylic acids is 2. The predicted octanol–water partition coefficient (Wildman–Crippen LogP) is 5.80. The quantitative estimate of drug-likeness (QED) is 0.286. The van der Waals surface area contributed by atoms with Gasteiger partial charge in [-0.25, -0.2) is 0 Å². The number of pyridine rings is 1. The Morgan fingerprint density at radius 1 is 1.12 bits per heavy atom. The van der Waals surface area contributed by atoms with E-state index in [1.165, 1.54) is 4.90 Å². The smallest absolute Gasteiger partial charge is 0.300 e. The third kappa shape index (κ3) is 4.05. The van der Waals surface area contributed by atoms with Gasteiger partial charge in [-0.1, -0.05) is 37.6 Å². The molecule has 1 fully saturated rings. The minimum absolute atomic E-state index is 0.0275. The molecule has 2 heterocycles. The topological polar surface area (TPSA) is 79.7 Å². The lowest BCUT2D eigenvalue weighted by Crippen LogP contribution is -2.29. The van der Waals surface area contributed by atoms with Gasteiger partial charge in [0, 0.05) is 22.5 Å². The number of nitrogens with zero attached hydrogens (tertiary/aromatic N) is 2. The first-order valence-electron chi connectivity index (χ1n) is 10.9. The van der Waals surface area contributed by atoms with Gasteiger partial charge in [0.25, 0.3) is 11.7 Å². The average Bonchev–Trinajstić information content (AvgIpc) is 3.11. The summed E-state index contributed by atoms with van der Waals surface area (Å²) in [6, 6.07) is 14.7. The Bertz CT molecular complexity index is 1300. The summed E-state index contributed by atoms with van der Waals surface area (Å²) in [6.07, 6.45) is 1.59. The van der Waals surface area contributed by atoms with Gasteiger partial charge in [-0.3, -0.25) is 19.5 Å². The van der Waals surface area contributed by atoms with Crippen molar-refractivity contribution >= 4 is 34.7 Å². The first kappa shape index (κ1) is 23.5. The van der Waals surface area contributed by atoms with Crippen molar-refractivity contribution in [1.29, 1.82) is 0 Å². The molecule has 4 rings (SSSR count). The van der Waals surface area contributed by atoms with Crippen LogP contribution in [0.1, 0.15) is 48.2 Å². The number of anilines is 1. The molecule has 1 N–H and O–H groups in total. The SMILES string of the molecule is COc1ccc(/C(O)=C2/C(=O)C(=O)N(c3ccc(C)c(Cl)c3)C2c2ccccn2)cc1C(C)C.